The molecule has 0 N–H and O–H groups in total. The van der Waals surface area contributed by atoms with Gasteiger partial charge >= 0.3 is 0 Å². The number of benzene rings is 4. The predicted molar refractivity (Wildman–Crippen MR) is 113 cm³/mol. The molecule has 6 nitrogen and oxygen atoms in total. The molecule has 0 amide bonds. The van der Waals surface area contributed by atoms with Crippen molar-refractivity contribution in [3.63, 3.8) is 0 Å². The molecule has 0 saturated carbocycles. The Morgan fingerprint density at radius 3 is 2.41 bits per heavy atom. The minimum atomic E-state index is -3.87. The third kappa shape index (κ3) is 2.51. The first-order valence-electron chi connectivity index (χ1n) is 9.09. The van der Waals surface area contributed by atoms with E-state index in [0.717, 1.165) is 32.7 Å². The van der Waals surface area contributed by atoms with Gasteiger partial charge in [0.1, 0.15) is 0 Å². The molecular formula is C22H16N2O4S. The fourth-order valence-electron chi connectivity index (χ4n) is 4.12. The van der Waals surface area contributed by atoms with Gasteiger partial charge in [-0.1, -0.05) is 36.4 Å². The number of non-ortho nitro benzene ring substituents is 1. The number of nitro benzene ring substituents is 1. The molecule has 144 valence electrons. The number of rotatable bonds is 3. The number of fused-ring (bicyclic) bond motifs is 2. The highest BCUT2D eigenvalue weighted by molar-refractivity contribution is 7.92. The van der Waals surface area contributed by atoms with Crippen LogP contribution in [0.5, 0.6) is 0 Å². The van der Waals surface area contributed by atoms with Crippen LogP contribution in [-0.2, 0) is 16.6 Å². The van der Waals surface area contributed by atoms with Crippen molar-refractivity contribution in [2.24, 2.45) is 0 Å². The molecule has 0 saturated heterocycles. The van der Waals surface area contributed by atoms with Gasteiger partial charge in [-0.3, -0.25) is 14.4 Å². The summed E-state index contributed by atoms with van der Waals surface area (Å²) in [7, 11) is -3.87. The van der Waals surface area contributed by atoms with Gasteiger partial charge in [0.15, 0.2) is 0 Å². The summed E-state index contributed by atoms with van der Waals surface area (Å²) < 4.78 is 28.3. The first-order chi connectivity index (χ1) is 13.9. The van der Waals surface area contributed by atoms with Gasteiger partial charge in [0.2, 0.25) is 0 Å². The zero-order valence-electron chi connectivity index (χ0n) is 15.5. The van der Waals surface area contributed by atoms with Crippen LogP contribution in [0.4, 0.5) is 11.4 Å². The van der Waals surface area contributed by atoms with Crippen LogP contribution in [0.2, 0.25) is 0 Å². The number of aryl methyl sites for hydroxylation is 1. The van der Waals surface area contributed by atoms with Crippen molar-refractivity contribution in [3.05, 3.63) is 88.0 Å². The van der Waals surface area contributed by atoms with Crippen LogP contribution in [0.25, 0.3) is 21.5 Å². The molecule has 0 atom stereocenters. The fourth-order valence-corrected chi connectivity index (χ4v) is 5.64. The zero-order chi connectivity index (χ0) is 20.3. The molecule has 0 aliphatic carbocycles. The van der Waals surface area contributed by atoms with Gasteiger partial charge in [-0.2, -0.15) is 0 Å². The second-order valence-electron chi connectivity index (χ2n) is 7.17. The van der Waals surface area contributed by atoms with Crippen molar-refractivity contribution in [2.75, 3.05) is 4.31 Å². The summed E-state index contributed by atoms with van der Waals surface area (Å²) in [5, 5.41) is 15.0. The van der Waals surface area contributed by atoms with Crippen molar-refractivity contribution in [3.8, 4) is 0 Å². The SMILES string of the molecule is Cc1ccc2c3c(cc4ccccc42)CN(S(=O)(=O)c2ccc([N+](=O)[O-])cc2)c13. The molecule has 5 rings (SSSR count). The lowest BCUT2D eigenvalue weighted by Gasteiger charge is -2.21. The molecule has 1 aliphatic rings. The van der Waals surface area contributed by atoms with E-state index in [-0.39, 0.29) is 17.1 Å². The van der Waals surface area contributed by atoms with Crippen molar-refractivity contribution < 1.29 is 13.3 Å². The highest BCUT2D eigenvalue weighted by atomic mass is 32.2. The Bertz CT molecular complexity index is 1430. The van der Waals surface area contributed by atoms with Gasteiger partial charge < -0.3 is 0 Å². The van der Waals surface area contributed by atoms with Gasteiger partial charge in [0, 0.05) is 17.5 Å². The smallest absolute Gasteiger partial charge is 0.261 e. The topological polar surface area (TPSA) is 80.5 Å². The molecule has 0 bridgehead atoms. The highest BCUT2D eigenvalue weighted by Gasteiger charge is 2.34. The van der Waals surface area contributed by atoms with Crippen LogP contribution in [0.15, 0.2) is 71.6 Å². The van der Waals surface area contributed by atoms with Crippen molar-refractivity contribution in [1.82, 2.24) is 0 Å². The lowest BCUT2D eigenvalue weighted by molar-refractivity contribution is -0.384. The molecule has 0 radical (unpaired) electrons. The number of sulfonamides is 1. The second kappa shape index (κ2) is 6.02. The lowest BCUT2D eigenvalue weighted by atomic mass is 9.96. The Morgan fingerprint density at radius 2 is 1.69 bits per heavy atom. The minimum absolute atomic E-state index is 0.0388. The van der Waals surface area contributed by atoms with Crippen LogP contribution in [0.1, 0.15) is 11.1 Å². The summed E-state index contributed by atoms with van der Waals surface area (Å²) in [6, 6.07) is 19.1. The van der Waals surface area contributed by atoms with E-state index in [1.165, 1.54) is 28.6 Å². The summed E-state index contributed by atoms with van der Waals surface area (Å²) in [6.07, 6.45) is 0. The third-order valence-electron chi connectivity index (χ3n) is 5.48. The standard InChI is InChI=1S/C22H16N2O4S/c1-14-6-11-20-19-5-3-2-4-15(19)12-16-13-23(22(14)21(16)20)29(27,28)18-9-7-17(8-10-18)24(25)26/h2-12H,13H2,1H3. The summed E-state index contributed by atoms with van der Waals surface area (Å²) in [4.78, 5) is 10.4. The molecule has 1 aliphatic heterocycles. The van der Waals surface area contributed by atoms with Crippen LogP contribution < -0.4 is 4.31 Å². The number of hydrogen-bond acceptors (Lipinski definition) is 4. The van der Waals surface area contributed by atoms with Gasteiger partial charge in [-0.15, -0.1) is 0 Å². The van der Waals surface area contributed by atoms with E-state index >= 15 is 0 Å². The van der Waals surface area contributed by atoms with Crippen molar-refractivity contribution >= 4 is 42.9 Å². The zero-order valence-corrected chi connectivity index (χ0v) is 16.3. The first-order valence-corrected chi connectivity index (χ1v) is 10.5. The van der Waals surface area contributed by atoms with Crippen LogP contribution >= 0.6 is 0 Å². The minimum Gasteiger partial charge on any atom is -0.261 e. The molecule has 7 heteroatoms. The van der Waals surface area contributed by atoms with Crippen molar-refractivity contribution in [1.29, 1.82) is 0 Å². The monoisotopic (exact) mass is 404 g/mol. The normalized spacial score (nSPS) is 13.3. The Labute approximate surface area is 167 Å². The second-order valence-corrected chi connectivity index (χ2v) is 9.04. The van der Waals surface area contributed by atoms with Crippen LogP contribution in [0, 0.1) is 17.0 Å². The molecular weight excluding hydrogens is 388 g/mol. The van der Waals surface area contributed by atoms with Gasteiger partial charge in [-0.05, 0) is 52.4 Å². The number of nitrogens with zero attached hydrogens (tertiary/aromatic N) is 2. The molecule has 4 aromatic carbocycles. The Balaban J connectivity index is 1.72. The van der Waals surface area contributed by atoms with E-state index < -0.39 is 14.9 Å². The highest BCUT2D eigenvalue weighted by Crippen LogP contribution is 2.45. The third-order valence-corrected chi connectivity index (χ3v) is 7.24. The maximum atomic E-state index is 13.4. The molecule has 0 unspecified atom stereocenters. The lowest BCUT2D eigenvalue weighted by Crippen LogP contribution is -2.28. The van der Waals surface area contributed by atoms with E-state index in [2.05, 4.69) is 0 Å². The first kappa shape index (κ1) is 17.6. The van der Waals surface area contributed by atoms with Gasteiger partial charge in [0.05, 0.1) is 22.1 Å². The maximum absolute atomic E-state index is 13.4. The predicted octanol–water partition coefficient (Wildman–Crippen LogP) is 4.92. The van der Waals surface area contributed by atoms with E-state index in [1.807, 2.05) is 49.4 Å². The van der Waals surface area contributed by atoms with Crippen LogP contribution in [-0.4, -0.2) is 13.3 Å². The molecule has 29 heavy (non-hydrogen) atoms. The van der Waals surface area contributed by atoms with E-state index in [0.29, 0.717) is 5.69 Å². The summed E-state index contributed by atoms with van der Waals surface area (Å²) >= 11 is 0. The number of nitro groups is 1. The van der Waals surface area contributed by atoms with E-state index in [1.54, 1.807) is 0 Å². The van der Waals surface area contributed by atoms with Crippen molar-refractivity contribution in [2.45, 2.75) is 18.4 Å². The summed E-state index contributed by atoms with van der Waals surface area (Å²) in [6.45, 7) is 2.14. The summed E-state index contributed by atoms with van der Waals surface area (Å²) in [5.41, 5.74) is 2.37. The van der Waals surface area contributed by atoms with Gasteiger partial charge in [-0.25, -0.2) is 8.42 Å². The fraction of sp³-hybridized carbons (Fsp3) is 0.0909. The van der Waals surface area contributed by atoms with E-state index in [4.69, 9.17) is 0 Å². The number of anilines is 1. The summed E-state index contributed by atoms with van der Waals surface area (Å²) in [5.74, 6) is 0. The molecule has 0 spiro atoms. The molecule has 0 fully saturated rings. The largest absolute Gasteiger partial charge is 0.269 e. The average Bonchev–Trinajstić information content (AvgIpc) is 3.11. The molecule has 4 aromatic rings. The van der Waals surface area contributed by atoms with Crippen LogP contribution in [0.3, 0.4) is 0 Å². The number of hydrogen-bond donors (Lipinski definition) is 0. The Hall–Kier alpha value is -3.45. The molecule has 1 heterocycles. The maximum Gasteiger partial charge on any atom is 0.269 e. The van der Waals surface area contributed by atoms with Gasteiger partial charge in [0.25, 0.3) is 15.7 Å². The average molecular weight is 404 g/mol. The Morgan fingerprint density at radius 1 is 0.966 bits per heavy atom. The quantitative estimate of drug-likeness (QED) is 0.276. The molecule has 0 aromatic heterocycles. The Kier molecular flexibility index (Phi) is 3.66. The van der Waals surface area contributed by atoms with E-state index in [9.17, 15) is 18.5 Å².